The average Bonchev–Trinajstić information content (AvgIpc) is 2.42. The molecule has 0 amide bonds. The number of para-hydroxylation sites is 1. The molecule has 0 radical (unpaired) electrons. The summed E-state index contributed by atoms with van der Waals surface area (Å²) >= 11 is 0. The molecule has 21 heavy (non-hydrogen) atoms. The summed E-state index contributed by atoms with van der Waals surface area (Å²) in [6, 6.07) is 12.4. The molecule has 0 aliphatic heterocycles. The fourth-order valence-corrected chi connectivity index (χ4v) is 2.66. The van der Waals surface area contributed by atoms with Crippen molar-refractivity contribution in [1.29, 1.82) is 0 Å². The molecule has 0 saturated heterocycles. The van der Waals surface area contributed by atoms with Gasteiger partial charge in [0.1, 0.15) is 0 Å². The van der Waals surface area contributed by atoms with E-state index < -0.39 is 10.0 Å². The standard InChI is InChI=1S/C15H19N3O2S/c1-2-5-11-6-3-4-7-14(11)18-15-9-8-12(10-13(15)16)21(17,19)20/h3-4,6-10,18H,2,5,16H2,1H3,(H2,17,19,20). The van der Waals surface area contributed by atoms with E-state index in [0.717, 1.165) is 18.5 Å². The second kappa shape index (κ2) is 6.15. The lowest BCUT2D eigenvalue weighted by molar-refractivity contribution is 0.598. The molecule has 0 saturated carbocycles. The minimum absolute atomic E-state index is 0.00685. The Kier molecular flexibility index (Phi) is 4.50. The molecule has 2 rings (SSSR count). The Morgan fingerprint density at radius 3 is 2.43 bits per heavy atom. The maximum atomic E-state index is 11.3. The number of primary sulfonamides is 1. The number of hydrogen-bond donors (Lipinski definition) is 3. The van der Waals surface area contributed by atoms with Crippen LogP contribution >= 0.6 is 0 Å². The van der Waals surface area contributed by atoms with Gasteiger partial charge in [0.2, 0.25) is 10.0 Å². The van der Waals surface area contributed by atoms with E-state index in [-0.39, 0.29) is 4.90 Å². The van der Waals surface area contributed by atoms with E-state index in [0.29, 0.717) is 11.4 Å². The highest BCUT2D eigenvalue weighted by Gasteiger charge is 2.10. The summed E-state index contributed by atoms with van der Waals surface area (Å²) in [6.45, 7) is 2.12. The number of rotatable bonds is 5. The van der Waals surface area contributed by atoms with E-state index in [2.05, 4.69) is 18.3 Å². The number of nitrogens with two attached hydrogens (primary N) is 2. The Labute approximate surface area is 125 Å². The van der Waals surface area contributed by atoms with Gasteiger partial charge in [0.15, 0.2) is 0 Å². The molecular weight excluding hydrogens is 286 g/mol. The van der Waals surface area contributed by atoms with Gasteiger partial charge in [-0.1, -0.05) is 31.5 Å². The summed E-state index contributed by atoms with van der Waals surface area (Å²) in [6.07, 6.45) is 2.00. The fraction of sp³-hybridized carbons (Fsp3) is 0.200. The highest BCUT2D eigenvalue weighted by molar-refractivity contribution is 7.89. The average molecular weight is 305 g/mol. The zero-order valence-electron chi connectivity index (χ0n) is 11.8. The topological polar surface area (TPSA) is 98.2 Å². The van der Waals surface area contributed by atoms with Gasteiger partial charge in [-0.2, -0.15) is 0 Å². The molecule has 0 spiro atoms. The number of anilines is 3. The molecule has 5 nitrogen and oxygen atoms in total. The van der Waals surface area contributed by atoms with Crippen LogP contribution in [-0.2, 0) is 16.4 Å². The minimum atomic E-state index is -3.74. The second-order valence-corrected chi connectivity index (χ2v) is 6.39. The first-order valence-corrected chi connectivity index (χ1v) is 8.23. The smallest absolute Gasteiger partial charge is 0.238 e. The Balaban J connectivity index is 2.33. The van der Waals surface area contributed by atoms with Gasteiger partial charge in [-0.05, 0) is 36.2 Å². The summed E-state index contributed by atoms with van der Waals surface area (Å²) in [5, 5.41) is 8.33. The highest BCUT2D eigenvalue weighted by Crippen LogP contribution is 2.27. The van der Waals surface area contributed by atoms with Crippen molar-refractivity contribution < 1.29 is 8.42 Å². The van der Waals surface area contributed by atoms with E-state index in [1.54, 1.807) is 6.07 Å². The lowest BCUT2D eigenvalue weighted by Crippen LogP contribution is -2.12. The molecule has 0 fully saturated rings. The fourth-order valence-electron chi connectivity index (χ4n) is 2.11. The number of nitrogens with one attached hydrogen (secondary N) is 1. The van der Waals surface area contributed by atoms with Gasteiger partial charge in [0.05, 0.1) is 16.3 Å². The molecule has 0 bridgehead atoms. The molecule has 0 aliphatic carbocycles. The Hall–Kier alpha value is -2.05. The predicted molar refractivity (Wildman–Crippen MR) is 85.9 cm³/mol. The molecule has 0 heterocycles. The van der Waals surface area contributed by atoms with Crippen molar-refractivity contribution in [2.45, 2.75) is 24.7 Å². The highest BCUT2D eigenvalue weighted by atomic mass is 32.2. The molecule has 2 aromatic rings. The zero-order chi connectivity index (χ0) is 15.5. The summed E-state index contributed by atoms with van der Waals surface area (Å²) in [5.41, 5.74) is 9.06. The molecule has 5 N–H and O–H groups in total. The SMILES string of the molecule is CCCc1ccccc1Nc1ccc(S(N)(=O)=O)cc1N. The van der Waals surface area contributed by atoms with Crippen molar-refractivity contribution in [2.24, 2.45) is 5.14 Å². The van der Waals surface area contributed by atoms with Gasteiger partial charge in [-0.25, -0.2) is 13.6 Å². The molecule has 0 unspecified atom stereocenters. The van der Waals surface area contributed by atoms with Gasteiger partial charge in [0, 0.05) is 5.69 Å². The normalized spacial score (nSPS) is 11.3. The third-order valence-corrected chi connectivity index (χ3v) is 4.07. The lowest BCUT2D eigenvalue weighted by atomic mass is 10.1. The Morgan fingerprint density at radius 1 is 1.10 bits per heavy atom. The van der Waals surface area contributed by atoms with Crippen molar-refractivity contribution >= 4 is 27.1 Å². The molecule has 112 valence electrons. The third-order valence-electron chi connectivity index (χ3n) is 3.16. The Bertz CT molecular complexity index is 742. The van der Waals surface area contributed by atoms with Crippen molar-refractivity contribution in [3.8, 4) is 0 Å². The van der Waals surface area contributed by atoms with Crippen LogP contribution in [-0.4, -0.2) is 8.42 Å². The summed E-state index contributed by atoms with van der Waals surface area (Å²) in [7, 11) is -3.74. The van der Waals surface area contributed by atoms with Crippen molar-refractivity contribution in [2.75, 3.05) is 11.1 Å². The first kappa shape index (κ1) is 15.3. The molecular formula is C15H19N3O2S. The largest absolute Gasteiger partial charge is 0.397 e. The van der Waals surface area contributed by atoms with Crippen molar-refractivity contribution in [3.63, 3.8) is 0 Å². The van der Waals surface area contributed by atoms with E-state index in [1.165, 1.54) is 17.7 Å². The minimum Gasteiger partial charge on any atom is -0.397 e. The van der Waals surface area contributed by atoms with Crippen molar-refractivity contribution in [3.05, 3.63) is 48.0 Å². The maximum absolute atomic E-state index is 11.3. The van der Waals surface area contributed by atoms with Crippen LogP contribution in [0.1, 0.15) is 18.9 Å². The summed E-state index contributed by atoms with van der Waals surface area (Å²) < 4.78 is 22.6. The zero-order valence-corrected chi connectivity index (χ0v) is 12.7. The quantitative estimate of drug-likeness (QED) is 0.739. The van der Waals surface area contributed by atoms with E-state index in [1.807, 2.05) is 18.2 Å². The number of aryl methyl sites for hydroxylation is 1. The predicted octanol–water partition coefficient (Wildman–Crippen LogP) is 2.61. The first-order chi connectivity index (χ1) is 9.91. The van der Waals surface area contributed by atoms with Crippen LogP contribution in [0.3, 0.4) is 0 Å². The monoisotopic (exact) mass is 305 g/mol. The van der Waals surface area contributed by atoms with Crippen LogP contribution in [0.2, 0.25) is 0 Å². The van der Waals surface area contributed by atoms with Gasteiger partial charge in [0.25, 0.3) is 0 Å². The van der Waals surface area contributed by atoms with E-state index in [9.17, 15) is 8.42 Å². The van der Waals surface area contributed by atoms with Crippen LogP contribution in [0, 0.1) is 0 Å². The molecule has 0 aliphatic rings. The maximum Gasteiger partial charge on any atom is 0.238 e. The van der Waals surface area contributed by atoms with E-state index >= 15 is 0 Å². The van der Waals surface area contributed by atoms with Crippen LogP contribution in [0.5, 0.6) is 0 Å². The van der Waals surface area contributed by atoms with Gasteiger partial charge >= 0.3 is 0 Å². The molecule has 0 aromatic heterocycles. The van der Waals surface area contributed by atoms with Gasteiger partial charge in [-0.3, -0.25) is 0 Å². The van der Waals surface area contributed by atoms with Crippen LogP contribution < -0.4 is 16.2 Å². The number of benzene rings is 2. The van der Waals surface area contributed by atoms with Crippen LogP contribution in [0.25, 0.3) is 0 Å². The molecule has 2 aromatic carbocycles. The summed E-state index contributed by atoms with van der Waals surface area (Å²) in [4.78, 5) is 0.00685. The number of nitrogen functional groups attached to an aromatic ring is 1. The van der Waals surface area contributed by atoms with E-state index in [4.69, 9.17) is 10.9 Å². The summed E-state index contributed by atoms with van der Waals surface area (Å²) in [5.74, 6) is 0. The van der Waals surface area contributed by atoms with Crippen molar-refractivity contribution in [1.82, 2.24) is 0 Å². The lowest BCUT2D eigenvalue weighted by Gasteiger charge is -2.14. The van der Waals surface area contributed by atoms with Gasteiger partial charge < -0.3 is 11.1 Å². The third kappa shape index (κ3) is 3.74. The Morgan fingerprint density at radius 2 is 1.81 bits per heavy atom. The first-order valence-electron chi connectivity index (χ1n) is 6.69. The number of hydrogen-bond acceptors (Lipinski definition) is 4. The van der Waals surface area contributed by atoms with Crippen LogP contribution in [0.4, 0.5) is 17.1 Å². The van der Waals surface area contributed by atoms with Gasteiger partial charge in [-0.15, -0.1) is 0 Å². The second-order valence-electron chi connectivity index (χ2n) is 4.83. The molecule has 6 heteroatoms. The number of sulfonamides is 1. The van der Waals surface area contributed by atoms with Crippen LogP contribution in [0.15, 0.2) is 47.4 Å². The molecule has 0 atom stereocenters.